The molecule has 5 nitrogen and oxygen atoms in total. The topological polar surface area (TPSA) is 83.4 Å². The smallest absolute Gasteiger partial charge is 0.150 e. The van der Waals surface area contributed by atoms with Gasteiger partial charge in [-0.15, -0.1) is 0 Å². The third-order valence-electron chi connectivity index (χ3n) is 4.16. The molecule has 2 aromatic rings. The van der Waals surface area contributed by atoms with Crippen LogP contribution < -0.4 is 20.9 Å². The molecule has 3 rings (SSSR count). The molecule has 1 aliphatic heterocycles. The zero-order valence-electron chi connectivity index (χ0n) is 14.8. The molecule has 1 aromatic heterocycles. The summed E-state index contributed by atoms with van der Waals surface area (Å²) in [5, 5.41) is 0.457. The van der Waals surface area contributed by atoms with Crippen LogP contribution in [-0.4, -0.2) is 17.1 Å². The minimum atomic E-state index is -0.416. The third-order valence-corrected chi connectivity index (χ3v) is 4.52. The average Bonchev–Trinajstić information content (AvgIpc) is 2.52. The molecule has 0 fully saturated rings. The van der Waals surface area contributed by atoms with E-state index in [2.05, 4.69) is 18.8 Å². The van der Waals surface area contributed by atoms with E-state index in [-0.39, 0.29) is 0 Å². The maximum Gasteiger partial charge on any atom is 0.150 e. The molecule has 0 unspecified atom stereocenters. The van der Waals surface area contributed by atoms with E-state index in [0.717, 1.165) is 23.1 Å². The number of nitrogens with two attached hydrogens (primary N) is 2. The Labute approximate surface area is 153 Å². The molecule has 0 radical (unpaired) electrons. The van der Waals surface area contributed by atoms with E-state index in [4.69, 9.17) is 32.5 Å². The van der Waals surface area contributed by atoms with E-state index in [1.165, 1.54) is 0 Å². The van der Waals surface area contributed by atoms with Crippen molar-refractivity contribution >= 4 is 17.4 Å². The number of hydrogen-bond donors (Lipinski definition) is 2. The molecule has 25 heavy (non-hydrogen) atoms. The van der Waals surface area contributed by atoms with Gasteiger partial charge in [0.2, 0.25) is 0 Å². The lowest BCUT2D eigenvalue weighted by Crippen LogP contribution is -2.43. The van der Waals surface area contributed by atoms with Crippen molar-refractivity contribution in [3.63, 3.8) is 0 Å². The number of halogens is 1. The first kappa shape index (κ1) is 17.8. The highest BCUT2D eigenvalue weighted by Gasteiger charge is 2.25. The van der Waals surface area contributed by atoms with Crippen LogP contribution in [-0.2, 0) is 6.61 Å². The number of nitrogen functional groups attached to an aromatic ring is 1. The van der Waals surface area contributed by atoms with Crippen LogP contribution in [0.25, 0.3) is 11.1 Å². The molecule has 0 saturated carbocycles. The maximum absolute atomic E-state index is 6.53. The number of benzene rings is 1. The van der Waals surface area contributed by atoms with Crippen LogP contribution >= 0.6 is 11.6 Å². The predicted octanol–water partition coefficient (Wildman–Crippen LogP) is 4.02. The summed E-state index contributed by atoms with van der Waals surface area (Å²) in [6, 6.07) is 5.62. The highest BCUT2D eigenvalue weighted by molar-refractivity contribution is 6.34. The van der Waals surface area contributed by atoms with Gasteiger partial charge in [-0.2, -0.15) is 0 Å². The van der Waals surface area contributed by atoms with E-state index in [1.807, 2.05) is 25.1 Å². The van der Waals surface area contributed by atoms with Crippen molar-refractivity contribution in [2.45, 2.75) is 39.3 Å². The van der Waals surface area contributed by atoms with Gasteiger partial charge < -0.3 is 20.9 Å². The monoisotopic (exact) mass is 361 g/mol. The molecule has 1 aliphatic rings. The molecule has 1 aromatic carbocycles. The minimum Gasteiger partial charge on any atom is -0.490 e. The normalized spacial score (nSPS) is 15.1. The Hall–Kier alpha value is -1.98. The Bertz CT molecular complexity index is 790. The van der Waals surface area contributed by atoms with Crippen LogP contribution in [0, 0.1) is 5.92 Å². The lowest BCUT2D eigenvalue weighted by molar-refractivity contribution is 0.205. The number of ether oxygens (including phenoxy) is 2. The van der Waals surface area contributed by atoms with Gasteiger partial charge in [0.15, 0.2) is 0 Å². The Morgan fingerprint density at radius 1 is 1.36 bits per heavy atom. The second kappa shape index (κ2) is 6.73. The van der Waals surface area contributed by atoms with Gasteiger partial charge in [-0.1, -0.05) is 25.4 Å². The largest absolute Gasteiger partial charge is 0.490 e. The van der Waals surface area contributed by atoms with Gasteiger partial charge in [0.25, 0.3) is 0 Å². The number of fused-ring (bicyclic) bond motifs is 3. The van der Waals surface area contributed by atoms with Gasteiger partial charge in [0.1, 0.15) is 35.6 Å². The van der Waals surface area contributed by atoms with Gasteiger partial charge >= 0.3 is 0 Å². The maximum atomic E-state index is 6.53. The summed E-state index contributed by atoms with van der Waals surface area (Å²) < 4.78 is 11.7. The lowest BCUT2D eigenvalue weighted by Gasteiger charge is -2.28. The van der Waals surface area contributed by atoms with Gasteiger partial charge in [0, 0.05) is 22.9 Å². The first-order chi connectivity index (χ1) is 11.8. The van der Waals surface area contributed by atoms with E-state index < -0.39 is 5.54 Å². The molecule has 2 heterocycles. The third kappa shape index (κ3) is 3.83. The Morgan fingerprint density at radius 2 is 2.12 bits per heavy atom. The fourth-order valence-electron chi connectivity index (χ4n) is 3.25. The first-order valence-electron chi connectivity index (χ1n) is 8.38. The number of rotatable bonds is 5. The van der Waals surface area contributed by atoms with Crippen LogP contribution in [0.3, 0.4) is 0 Å². The van der Waals surface area contributed by atoms with E-state index in [1.54, 1.807) is 6.20 Å². The first-order valence-corrected chi connectivity index (χ1v) is 8.76. The molecule has 134 valence electrons. The summed E-state index contributed by atoms with van der Waals surface area (Å²) in [6.07, 6.45) is 2.60. The van der Waals surface area contributed by atoms with E-state index in [0.29, 0.717) is 41.5 Å². The SMILES string of the molecule is CC(C)C[C@](C)(N)COc1ccc2c(c1Cl)OCc1cnc(N)cc1-2. The van der Waals surface area contributed by atoms with Gasteiger partial charge in [-0.3, -0.25) is 0 Å². The molecule has 0 amide bonds. The molecule has 0 saturated heterocycles. The summed E-state index contributed by atoms with van der Waals surface area (Å²) >= 11 is 6.53. The molecule has 0 bridgehead atoms. The van der Waals surface area contributed by atoms with Crippen LogP contribution in [0.5, 0.6) is 11.5 Å². The number of pyridine rings is 1. The number of nitrogens with zero attached hydrogens (tertiary/aromatic N) is 1. The second-order valence-electron chi connectivity index (χ2n) is 7.35. The van der Waals surface area contributed by atoms with Crippen molar-refractivity contribution in [2.75, 3.05) is 12.3 Å². The molecular weight excluding hydrogens is 338 g/mol. The second-order valence-corrected chi connectivity index (χ2v) is 7.73. The van der Waals surface area contributed by atoms with Crippen molar-refractivity contribution in [3.8, 4) is 22.6 Å². The predicted molar refractivity (Wildman–Crippen MR) is 101 cm³/mol. The van der Waals surface area contributed by atoms with Crippen molar-refractivity contribution in [2.24, 2.45) is 11.7 Å². The molecule has 6 heteroatoms. The van der Waals surface area contributed by atoms with Crippen molar-refractivity contribution in [3.05, 3.63) is 35.0 Å². The molecule has 1 atom stereocenters. The Balaban J connectivity index is 1.86. The Kier molecular flexibility index (Phi) is 4.80. The molecule has 4 N–H and O–H groups in total. The van der Waals surface area contributed by atoms with Gasteiger partial charge in [-0.25, -0.2) is 4.98 Å². The average molecular weight is 362 g/mol. The van der Waals surface area contributed by atoms with Crippen LogP contribution in [0.15, 0.2) is 24.4 Å². The van der Waals surface area contributed by atoms with Crippen molar-refractivity contribution in [1.29, 1.82) is 0 Å². The summed E-state index contributed by atoms with van der Waals surface area (Å²) in [7, 11) is 0. The summed E-state index contributed by atoms with van der Waals surface area (Å²) in [4.78, 5) is 4.11. The standard InChI is InChI=1S/C19H24ClN3O2/c1-11(2)7-19(3,22)10-25-15-5-4-13-14-6-16(21)23-8-12(14)9-24-18(13)17(15)20/h4-6,8,11H,7,9-10,22H2,1-3H3,(H2,21,23)/t19-/m0/s1. The van der Waals surface area contributed by atoms with Crippen LogP contribution in [0.4, 0.5) is 5.82 Å². The van der Waals surface area contributed by atoms with Crippen LogP contribution in [0.2, 0.25) is 5.02 Å². The quantitative estimate of drug-likeness (QED) is 0.840. The number of anilines is 1. The zero-order chi connectivity index (χ0) is 18.2. The summed E-state index contributed by atoms with van der Waals surface area (Å²) in [5.41, 5.74) is 14.6. The van der Waals surface area contributed by atoms with Crippen molar-refractivity contribution < 1.29 is 9.47 Å². The highest BCUT2D eigenvalue weighted by atomic mass is 35.5. The van der Waals surface area contributed by atoms with E-state index >= 15 is 0 Å². The minimum absolute atomic E-state index is 0.386. The zero-order valence-corrected chi connectivity index (χ0v) is 15.6. The van der Waals surface area contributed by atoms with Gasteiger partial charge in [-0.05, 0) is 43.0 Å². The van der Waals surface area contributed by atoms with Gasteiger partial charge in [0.05, 0.1) is 0 Å². The number of aromatic nitrogens is 1. The fourth-order valence-corrected chi connectivity index (χ4v) is 3.53. The fraction of sp³-hybridized carbons (Fsp3) is 0.421. The number of hydrogen-bond acceptors (Lipinski definition) is 5. The lowest BCUT2D eigenvalue weighted by atomic mass is 9.93. The molecular formula is C19H24ClN3O2. The van der Waals surface area contributed by atoms with E-state index in [9.17, 15) is 0 Å². The highest BCUT2D eigenvalue weighted by Crippen LogP contribution is 2.46. The summed E-state index contributed by atoms with van der Waals surface area (Å²) in [5.74, 6) is 2.15. The van der Waals surface area contributed by atoms with Crippen molar-refractivity contribution in [1.82, 2.24) is 4.98 Å². The van der Waals surface area contributed by atoms with Crippen LogP contribution in [0.1, 0.15) is 32.8 Å². The summed E-state index contributed by atoms with van der Waals surface area (Å²) in [6.45, 7) is 7.06. The molecule has 0 aliphatic carbocycles. The Morgan fingerprint density at radius 3 is 2.84 bits per heavy atom. The molecule has 0 spiro atoms.